The lowest BCUT2D eigenvalue weighted by Crippen LogP contribution is -2.19. The molecule has 3 rings (SSSR count). The van der Waals surface area contributed by atoms with E-state index in [0.29, 0.717) is 30.5 Å². The Labute approximate surface area is 129 Å². The van der Waals surface area contributed by atoms with E-state index in [1.54, 1.807) is 12.4 Å². The van der Waals surface area contributed by atoms with Crippen LogP contribution in [0.5, 0.6) is 11.5 Å². The van der Waals surface area contributed by atoms with Gasteiger partial charge in [-0.1, -0.05) is 11.6 Å². The Morgan fingerprint density at radius 2 is 2.00 bits per heavy atom. The van der Waals surface area contributed by atoms with Crippen molar-refractivity contribution in [3.8, 4) is 11.5 Å². The molecule has 0 amide bonds. The molecule has 21 heavy (non-hydrogen) atoms. The predicted molar refractivity (Wildman–Crippen MR) is 81.9 cm³/mol. The monoisotopic (exact) mass is 304 g/mol. The maximum absolute atomic E-state index is 6.24. The number of ether oxygens (including phenoxy) is 2. The van der Waals surface area contributed by atoms with Gasteiger partial charge in [-0.05, 0) is 42.3 Å². The SMILES string of the molecule is C[C@H](NCc1cc(Cl)c2c(c1)OCCO2)c1ccncc1. The number of benzene rings is 1. The average Bonchev–Trinajstić information content (AvgIpc) is 2.53. The molecule has 0 saturated carbocycles. The summed E-state index contributed by atoms with van der Waals surface area (Å²) in [5.74, 6) is 1.37. The van der Waals surface area contributed by atoms with E-state index in [1.165, 1.54) is 5.56 Å². The molecule has 0 saturated heterocycles. The van der Waals surface area contributed by atoms with Gasteiger partial charge in [0.15, 0.2) is 11.5 Å². The largest absolute Gasteiger partial charge is 0.486 e. The normalized spacial score (nSPS) is 14.8. The lowest BCUT2D eigenvalue weighted by molar-refractivity contribution is 0.171. The first-order valence-corrected chi connectivity index (χ1v) is 7.33. The van der Waals surface area contributed by atoms with Gasteiger partial charge in [-0.3, -0.25) is 4.98 Å². The lowest BCUT2D eigenvalue weighted by atomic mass is 10.1. The van der Waals surface area contributed by atoms with Gasteiger partial charge in [0.25, 0.3) is 0 Å². The summed E-state index contributed by atoms with van der Waals surface area (Å²) in [6.07, 6.45) is 3.60. The van der Waals surface area contributed by atoms with Crippen molar-refractivity contribution in [2.24, 2.45) is 0 Å². The highest BCUT2D eigenvalue weighted by molar-refractivity contribution is 6.32. The van der Waals surface area contributed by atoms with E-state index in [0.717, 1.165) is 11.3 Å². The summed E-state index contributed by atoms with van der Waals surface area (Å²) in [4.78, 5) is 4.03. The van der Waals surface area contributed by atoms with Crippen molar-refractivity contribution in [2.75, 3.05) is 13.2 Å². The van der Waals surface area contributed by atoms with Crippen LogP contribution >= 0.6 is 11.6 Å². The molecular weight excluding hydrogens is 288 g/mol. The van der Waals surface area contributed by atoms with E-state index in [2.05, 4.69) is 17.2 Å². The van der Waals surface area contributed by atoms with Crippen LogP contribution in [0.1, 0.15) is 24.1 Å². The Morgan fingerprint density at radius 1 is 1.24 bits per heavy atom. The van der Waals surface area contributed by atoms with Gasteiger partial charge in [-0.2, -0.15) is 0 Å². The Balaban J connectivity index is 1.69. The first-order chi connectivity index (χ1) is 10.2. The minimum Gasteiger partial charge on any atom is -0.486 e. The molecule has 1 aliphatic rings. The molecule has 1 aromatic carbocycles. The maximum Gasteiger partial charge on any atom is 0.179 e. The highest BCUT2D eigenvalue weighted by atomic mass is 35.5. The summed E-state index contributed by atoms with van der Waals surface area (Å²) < 4.78 is 11.1. The van der Waals surface area contributed by atoms with Gasteiger partial charge in [-0.25, -0.2) is 0 Å². The van der Waals surface area contributed by atoms with Gasteiger partial charge in [0.05, 0.1) is 5.02 Å². The number of nitrogens with one attached hydrogen (secondary N) is 1. The van der Waals surface area contributed by atoms with E-state index in [9.17, 15) is 0 Å². The summed E-state index contributed by atoms with van der Waals surface area (Å²) in [7, 11) is 0. The summed E-state index contributed by atoms with van der Waals surface area (Å²) in [5, 5.41) is 4.06. The van der Waals surface area contributed by atoms with Crippen molar-refractivity contribution in [1.29, 1.82) is 0 Å². The zero-order chi connectivity index (χ0) is 14.7. The Hall–Kier alpha value is -1.78. The molecule has 0 spiro atoms. The minimum absolute atomic E-state index is 0.236. The summed E-state index contributed by atoms with van der Waals surface area (Å²) in [6, 6.07) is 8.15. The fraction of sp³-hybridized carbons (Fsp3) is 0.312. The summed E-state index contributed by atoms with van der Waals surface area (Å²) in [6.45, 7) is 3.94. The van der Waals surface area contributed by atoms with E-state index in [4.69, 9.17) is 21.1 Å². The van der Waals surface area contributed by atoms with E-state index in [1.807, 2.05) is 24.3 Å². The van der Waals surface area contributed by atoms with Gasteiger partial charge in [-0.15, -0.1) is 0 Å². The molecule has 110 valence electrons. The molecule has 0 bridgehead atoms. The second kappa shape index (κ2) is 6.33. The third-order valence-electron chi connectivity index (χ3n) is 3.48. The standard InChI is InChI=1S/C16H17ClN2O2/c1-11(13-2-4-18-5-3-13)19-10-12-8-14(17)16-15(9-12)20-6-7-21-16/h2-5,8-9,11,19H,6-7,10H2,1H3/t11-/m0/s1. The number of nitrogens with zero attached hydrogens (tertiary/aromatic N) is 1. The van der Waals surface area contributed by atoms with Crippen molar-refractivity contribution in [2.45, 2.75) is 19.5 Å². The van der Waals surface area contributed by atoms with Gasteiger partial charge in [0.2, 0.25) is 0 Å². The fourth-order valence-corrected chi connectivity index (χ4v) is 2.60. The van der Waals surface area contributed by atoms with Crippen molar-refractivity contribution in [1.82, 2.24) is 10.3 Å². The second-order valence-corrected chi connectivity index (χ2v) is 5.39. The van der Waals surface area contributed by atoms with E-state index in [-0.39, 0.29) is 6.04 Å². The van der Waals surface area contributed by atoms with Crippen LogP contribution in [0.2, 0.25) is 5.02 Å². The molecule has 0 radical (unpaired) electrons. The Bertz CT molecular complexity index is 619. The lowest BCUT2D eigenvalue weighted by Gasteiger charge is -2.21. The van der Waals surface area contributed by atoms with Crippen LogP contribution in [0.15, 0.2) is 36.7 Å². The van der Waals surface area contributed by atoms with Crippen LogP contribution < -0.4 is 14.8 Å². The molecule has 0 unspecified atom stereocenters. The number of aromatic nitrogens is 1. The highest BCUT2D eigenvalue weighted by Gasteiger charge is 2.16. The minimum atomic E-state index is 0.236. The summed E-state index contributed by atoms with van der Waals surface area (Å²) >= 11 is 6.24. The number of hydrogen-bond acceptors (Lipinski definition) is 4. The topological polar surface area (TPSA) is 43.4 Å². The molecule has 0 fully saturated rings. The maximum atomic E-state index is 6.24. The smallest absolute Gasteiger partial charge is 0.179 e. The quantitative estimate of drug-likeness (QED) is 0.940. The van der Waals surface area contributed by atoms with Crippen LogP contribution in [0.25, 0.3) is 0 Å². The number of fused-ring (bicyclic) bond motifs is 1. The van der Waals surface area contributed by atoms with Gasteiger partial charge in [0.1, 0.15) is 13.2 Å². The molecule has 1 aromatic heterocycles. The van der Waals surface area contributed by atoms with Crippen molar-refractivity contribution < 1.29 is 9.47 Å². The molecule has 1 atom stereocenters. The van der Waals surface area contributed by atoms with E-state index >= 15 is 0 Å². The highest BCUT2D eigenvalue weighted by Crippen LogP contribution is 2.38. The van der Waals surface area contributed by atoms with Crippen LogP contribution in [0, 0.1) is 0 Å². The molecule has 1 aliphatic heterocycles. The third-order valence-corrected chi connectivity index (χ3v) is 3.76. The van der Waals surface area contributed by atoms with Crippen LogP contribution in [-0.2, 0) is 6.54 Å². The van der Waals surface area contributed by atoms with Crippen molar-refractivity contribution in [3.05, 3.63) is 52.8 Å². The fourth-order valence-electron chi connectivity index (χ4n) is 2.31. The zero-order valence-electron chi connectivity index (χ0n) is 11.8. The van der Waals surface area contributed by atoms with Gasteiger partial charge >= 0.3 is 0 Å². The Kier molecular flexibility index (Phi) is 4.27. The first kappa shape index (κ1) is 14.2. The molecule has 2 heterocycles. The number of pyridine rings is 1. The van der Waals surface area contributed by atoms with Crippen molar-refractivity contribution in [3.63, 3.8) is 0 Å². The second-order valence-electron chi connectivity index (χ2n) is 4.98. The van der Waals surface area contributed by atoms with Crippen LogP contribution in [-0.4, -0.2) is 18.2 Å². The molecule has 2 aromatic rings. The summed E-state index contributed by atoms with van der Waals surface area (Å²) in [5.41, 5.74) is 2.28. The number of hydrogen-bond donors (Lipinski definition) is 1. The van der Waals surface area contributed by atoms with Crippen LogP contribution in [0.4, 0.5) is 0 Å². The molecule has 5 heteroatoms. The zero-order valence-corrected chi connectivity index (χ0v) is 12.6. The van der Waals surface area contributed by atoms with Gasteiger partial charge in [0, 0.05) is 25.0 Å². The molecule has 1 N–H and O–H groups in total. The van der Waals surface area contributed by atoms with Crippen LogP contribution in [0.3, 0.4) is 0 Å². The Morgan fingerprint density at radius 3 is 2.81 bits per heavy atom. The average molecular weight is 305 g/mol. The third kappa shape index (κ3) is 3.28. The van der Waals surface area contributed by atoms with E-state index < -0.39 is 0 Å². The van der Waals surface area contributed by atoms with Crippen molar-refractivity contribution >= 4 is 11.6 Å². The number of halogens is 1. The first-order valence-electron chi connectivity index (χ1n) is 6.95. The predicted octanol–water partition coefficient (Wildman–Crippen LogP) is 3.36. The molecular formula is C16H17ClN2O2. The number of rotatable bonds is 4. The molecule has 0 aliphatic carbocycles. The van der Waals surface area contributed by atoms with Gasteiger partial charge < -0.3 is 14.8 Å². The molecule has 4 nitrogen and oxygen atoms in total.